The third kappa shape index (κ3) is 3.26. The van der Waals surface area contributed by atoms with Gasteiger partial charge in [0.1, 0.15) is 10.5 Å². The van der Waals surface area contributed by atoms with Crippen molar-refractivity contribution in [1.29, 1.82) is 0 Å². The molecule has 2 aromatic rings. The minimum atomic E-state index is 0.868. The van der Waals surface area contributed by atoms with E-state index in [4.69, 9.17) is 0 Å². The number of hydrogen-bond acceptors (Lipinski definition) is 6. The molecule has 0 saturated carbocycles. The summed E-state index contributed by atoms with van der Waals surface area (Å²) in [6.07, 6.45) is 1.89. The lowest BCUT2D eigenvalue weighted by atomic mass is 10.3. The van der Waals surface area contributed by atoms with Gasteiger partial charge in [-0.1, -0.05) is 24.3 Å². The molecule has 6 heteroatoms. The van der Waals surface area contributed by atoms with E-state index in [2.05, 4.69) is 33.5 Å². The van der Waals surface area contributed by atoms with Crippen LogP contribution in [0.2, 0.25) is 0 Å². The van der Waals surface area contributed by atoms with Crippen molar-refractivity contribution < 1.29 is 0 Å². The number of nitrogens with one attached hydrogen (secondary N) is 1. The van der Waals surface area contributed by atoms with E-state index in [-0.39, 0.29) is 0 Å². The molecular weight excluding hydrogens is 240 g/mol. The maximum absolute atomic E-state index is 4.37. The van der Waals surface area contributed by atoms with Gasteiger partial charge in [0.2, 0.25) is 0 Å². The van der Waals surface area contributed by atoms with E-state index in [1.54, 1.807) is 17.3 Å². The Hall–Kier alpha value is -0.980. The maximum atomic E-state index is 4.37. The van der Waals surface area contributed by atoms with E-state index in [0.29, 0.717) is 0 Å². The minimum absolute atomic E-state index is 0.868. The van der Waals surface area contributed by atoms with Crippen molar-refractivity contribution in [2.45, 2.75) is 22.8 Å². The summed E-state index contributed by atoms with van der Waals surface area (Å²) in [6, 6.07) is 4.10. The lowest BCUT2D eigenvalue weighted by molar-refractivity contribution is 0.723. The fraction of sp³-hybridized carbons (Fsp3) is 0.300. The first-order valence-corrected chi connectivity index (χ1v) is 6.67. The summed E-state index contributed by atoms with van der Waals surface area (Å²) >= 11 is 3.06. The molecule has 2 heterocycles. The molecule has 0 unspecified atom stereocenters. The monoisotopic (exact) mass is 252 g/mol. The topological polar surface area (TPSA) is 50.7 Å². The molecular formula is C10H12N4S2. The number of aromatic nitrogens is 3. The molecule has 84 valence electrons. The van der Waals surface area contributed by atoms with Gasteiger partial charge in [-0.15, -0.1) is 10.2 Å². The van der Waals surface area contributed by atoms with Crippen LogP contribution in [0.4, 0.5) is 0 Å². The zero-order chi connectivity index (χ0) is 11.2. The summed E-state index contributed by atoms with van der Waals surface area (Å²) in [5.41, 5.74) is 2.92. The van der Waals surface area contributed by atoms with Crippen LogP contribution in [0, 0.1) is 0 Å². The highest BCUT2D eigenvalue weighted by molar-refractivity contribution is 8.00. The highest BCUT2D eigenvalue weighted by atomic mass is 32.2. The lowest BCUT2D eigenvalue weighted by Crippen LogP contribution is -2.11. The van der Waals surface area contributed by atoms with Crippen LogP contribution in [-0.2, 0) is 6.54 Å². The van der Waals surface area contributed by atoms with Gasteiger partial charge in [-0.25, -0.2) is 4.98 Å². The minimum Gasteiger partial charge on any atom is -0.313 e. The summed E-state index contributed by atoms with van der Waals surface area (Å²) in [7, 11) is 0. The van der Waals surface area contributed by atoms with E-state index >= 15 is 0 Å². The molecule has 2 aromatic heterocycles. The van der Waals surface area contributed by atoms with E-state index in [0.717, 1.165) is 22.5 Å². The maximum Gasteiger partial charge on any atom is 0.180 e. The van der Waals surface area contributed by atoms with Gasteiger partial charge in [0.25, 0.3) is 0 Å². The zero-order valence-electron chi connectivity index (χ0n) is 8.88. The Morgan fingerprint density at radius 3 is 3.00 bits per heavy atom. The van der Waals surface area contributed by atoms with Crippen LogP contribution in [0.15, 0.2) is 33.2 Å². The van der Waals surface area contributed by atoms with Gasteiger partial charge in [0.15, 0.2) is 4.34 Å². The fourth-order valence-electron chi connectivity index (χ4n) is 1.14. The van der Waals surface area contributed by atoms with Crippen molar-refractivity contribution in [3.05, 3.63) is 29.4 Å². The SMILES string of the molecule is CCNCc1ccc(Sc2nncs2)nc1. The highest BCUT2D eigenvalue weighted by Gasteiger charge is 2.01. The molecule has 4 nitrogen and oxygen atoms in total. The molecule has 2 rings (SSSR count). The van der Waals surface area contributed by atoms with E-state index in [9.17, 15) is 0 Å². The molecule has 0 aliphatic heterocycles. The molecule has 0 aromatic carbocycles. The summed E-state index contributed by atoms with van der Waals surface area (Å²) < 4.78 is 0.923. The first-order chi connectivity index (χ1) is 7.88. The predicted molar refractivity (Wildman–Crippen MR) is 65.6 cm³/mol. The molecule has 16 heavy (non-hydrogen) atoms. The highest BCUT2D eigenvalue weighted by Crippen LogP contribution is 2.26. The fourth-order valence-corrected chi connectivity index (χ4v) is 2.51. The van der Waals surface area contributed by atoms with Crippen LogP contribution >= 0.6 is 23.1 Å². The van der Waals surface area contributed by atoms with Crippen molar-refractivity contribution >= 4 is 23.1 Å². The summed E-state index contributed by atoms with van der Waals surface area (Å²) in [6.45, 7) is 3.93. The smallest absolute Gasteiger partial charge is 0.180 e. The Morgan fingerprint density at radius 1 is 1.44 bits per heavy atom. The number of hydrogen-bond donors (Lipinski definition) is 1. The molecule has 1 N–H and O–H groups in total. The third-order valence-electron chi connectivity index (χ3n) is 1.91. The average Bonchev–Trinajstić information content (AvgIpc) is 2.81. The second-order valence-electron chi connectivity index (χ2n) is 3.09. The second-order valence-corrected chi connectivity index (χ2v) is 5.19. The van der Waals surface area contributed by atoms with Crippen LogP contribution in [0.5, 0.6) is 0 Å². The van der Waals surface area contributed by atoms with Gasteiger partial charge in [-0.05, 0) is 29.9 Å². The van der Waals surface area contributed by atoms with E-state index in [1.807, 2.05) is 12.3 Å². The standard InChI is InChI=1S/C10H12N4S2/c1-2-11-5-8-3-4-9(12-6-8)16-10-14-13-7-15-10/h3-4,6-7,11H,2,5H2,1H3. The normalized spacial score (nSPS) is 10.6. The van der Waals surface area contributed by atoms with E-state index in [1.165, 1.54) is 16.9 Å². The first-order valence-electron chi connectivity index (χ1n) is 4.98. The van der Waals surface area contributed by atoms with Crippen molar-refractivity contribution in [3.63, 3.8) is 0 Å². The van der Waals surface area contributed by atoms with Crippen LogP contribution < -0.4 is 5.32 Å². The van der Waals surface area contributed by atoms with Crippen molar-refractivity contribution in [3.8, 4) is 0 Å². The first kappa shape index (κ1) is 11.5. The van der Waals surface area contributed by atoms with Gasteiger partial charge in [0, 0.05) is 12.7 Å². The van der Waals surface area contributed by atoms with Crippen molar-refractivity contribution in [2.75, 3.05) is 6.54 Å². The molecule has 0 radical (unpaired) electrons. The lowest BCUT2D eigenvalue weighted by Gasteiger charge is -2.02. The summed E-state index contributed by atoms with van der Waals surface area (Å²) in [5.74, 6) is 0. The molecule has 0 fully saturated rings. The molecule has 0 amide bonds. The van der Waals surface area contributed by atoms with Crippen LogP contribution in [0.25, 0.3) is 0 Å². The van der Waals surface area contributed by atoms with Crippen molar-refractivity contribution in [1.82, 2.24) is 20.5 Å². The Morgan fingerprint density at radius 2 is 2.38 bits per heavy atom. The number of pyridine rings is 1. The van der Waals surface area contributed by atoms with Crippen molar-refractivity contribution in [2.24, 2.45) is 0 Å². The number of rotatable bonds is 5. The largest absolute Gasteiger partial charge is 0.313 e. The molecule has 0 spiro atoms. The third-order valence-corrected chi connectivity index (χ3v) is 3.64. The molecule has 0 saturated heterocycles. The second kappa shape index (κ2) is 5.93. The Balaban J connectivity index is 1.96. The molecule has 0 atom stereocenters. The van der Waals surface area contributed by atoms with E-state index < -0.39 is 0 Å². The van der Waals surface area contributed by atoms with Gasteiger partial charge in [-0.3, -0.25) is 0 Å². The average molecular weight is 252 g/mol. The Kier molecular flexibility index (Phi) is 4.26. The van der Waals surface area contributed by atoms with Crippen LogP contribution in [0.1, 0.15) is 12.5 Å². The van der Waals surface area contributed by atoms with Gasteiger partial charge < -0.3 is 5.32 Å². The Labute approximate surface area is 103 Å². The Bertz CT molecular complexity index is 413. The van der Waals surface area contributed by atoms with Gasteiger partial charge in [-0.2, -0.15) is 0 Å². The summed E-state index contributed by atoms with van der Waals surface area (Å²) in [5, 5.41) is 12.0. The molecule has 0 bridgehead atoms. The van der Waals surface area contributed by atoms with Crippen LogP contribution in [0.3, 0.4) is 0 Å². The molecule has 0 aliphatic rings. The van der Waals surface area contributed by atoms with Gasteiger partial charge in [0.05, 0.1) is 0 Å². The predicted octanol–water partition coefficient (Wildman–Crippen LogP) is 2.19. The number of nitrogens with zero attached hydrogens (tertiary/aromatic N) is 3. The zero-order valence-corrected chi connectivity index (χ0v) is 10.5. The quantitative estimate of drug-likeness (QED) is 0.884. The van der Waals surface area contributed by atoms with Crippen LogP contribution in [-0.4, -0.2) is 21.7 Å². The van der Waals surface area contributed by atoms with Gasteiger partial charge >= 0.3 is 0 Å². The molecule has 0 aliphatic carbocycles. The summed E-state index contributed by atoms with van der Waals surface area (Å²) in [4.78, 5) is 4.37.